The Bertz CT molecular complexity index is 1080. The highest BCUT2D eigenvalue weighted by atomic mass is 19.1. The van der Waals surface area contributed by atoms with E-state index in [0.29, 0.717) is 24.3 Å². The lowest BCUT2D eigenvalue weighted by molar-refractivity contribution is 0.0526. The third-order valence-corrected chi connectivity index (χ3v) is 5.75. The highest BCUT2D eigenvalue weighted by Gasteiger charge is 2.19. The summed E-state index contributed by atoms with van der Waals surface area (Å²) in [5.74, 6) is -1.43. The standard InChI is InChI=1S/C26H26F2N2O2/c1-2-32-26(31)19-7-10-22(11-8-19)30-15-13-29(14-16-30)18-20-5-3-4-6-23(20)24-12-9-21(27)17-25(24)28/h3-12,17H,2,13-16,18H2,1H3. The van der Waals surface area contributed by atoms with E-state index in [9.17, 15) is 13.6 Å². The number of hydrogen-bond donors (Lipinski definition) is 0. The molecule has 0 aliphatic carbocycles. The minimum atomic E-state index is -0.574. The van der Waals surface area contributed by atoms with Crippen LogP contribution >= 0.6 is 0 Å². The Kier molecular flexibility index (Phi) is 6.81. The molecule has 0 atom stereocenters. The average molecular weight is 437 g/mol. The molecule has 1 heterocycles. The molecule has 3 aromatic rings. The number of anilines is 1. The van der Waals surface area contributed by atoms with Gasteiger partial charge in [0.15, 0.2) is 0 Å². The molecule has 0 unspecified atom stereocenters. The smallest absolute Gasteiger partial charge is 0.338 e. The van der Waals surface area contributed by atoms with E-state index in [2.05, 4.69) is 9.80 Å². The van der Waals surface area contributed by atoms with Crippen LogP contribution in [0.25, 0.3) is 11.1 Å². The molecule has 1 aliphatic rings. The summed E-state index contributed by atoms with van der Waals surface area (Å²) in [6.07, 6.45) is 0. The van der Waals surface area contributed by atoms with Crippen molar-refractivity contribution in [1.29, 1.82) is 0 Å². The highest BCUT2D eigenvalue weighted by Crippen LogP contribution is 2.28. The second-order valence-electron chi connectivity index (χ2n) is 7.81. The van der Waals surface area contributed by atoms with Gasteiger partial charge in [0.25, 0.3) is 0 Å². The molecular formula is C26H26F2N2O2. The van der Waals surface area contributed by atoms with Gasteiger partial charge >= 0.3 is 5.97 Å². The summed E-state index contributed by atoms with van der Waals surface area (Å²) in [7, 11) is 0. The number of carbonyl (C=O) groups is 1. The summed E-state index contributed by atoms with van der Waals surface area (Å²) in [6, 6.07) is 18.9. The van der Waals surface area contributed by atoms with Gasteiger partial charge in [0, 0.05) is 50.0 Å². The van der Waals surface area contributed by atoms with Gasteiger partial charge in [-0.15, -0.1) is 0 Å². The Labute approximate surface area is 187 Å². The first-order chi connectivity index (χ1) is 15.5. The molecule has 3 aromatic carbocycles. The summed E-state index contributed by atoms with van der Waals surface area (Å²) in [5.41, 5.74) is 3.86. The average Bonchev–Trinajstić information content (AvgIpc) is 2.81. The van der Waals surface area contributed by atoms with Gasteiger partial charge in [-0.3, -0.25) is 4.90 Å². The number of piperazine rings is 1. The van der Waals surface area contributed by atoms with Crippen molar-refractivity contribution in [3.8, 4) is 11.1 Å². The predicted molar refractivity (Wildman–Crippen MR) is 122 cm³/mol. The maximum absolute atomic E-state index is 14.4. The zero-order valence-corrected chi connectivity index (χ0v) is 18.1. The van der Waals surface area contributed by atoms with E-state index in [0.717, 1.165) is 49.1 Å². The van der Waals surface area contributed by atoms with E-state index in [1.807, 2.05) is 36.4 Å². The van der Waals surface area contributed by atoms with Crippen molar-refractivity contribution in [1.82, 2.24) is 4.90 Å². The normalized spacial score (nSPS) is 14.4. The molecule has 6 heteroatoms. The monoisotopic (exact) mass is 436 g/mol. The van der Waals surface area contributed by atoms with Crippen LogP contribution in [0.5, 0.6) is 0 Å². The Hall–Kier alpha value is -3.25. The van der Waals surface area contributed by atoms with Crippen LogP contribution in [0.4, 0.5) is 14.5 Å². The molecule has 0 spiro atoms. The summed E-state index contributed by atoms with van der Waals surface area (Å²) < 4.78 is 32.7. The quantitative estimate of drug-likeness (QED) is 0.502. The minimum absolute atomic E-state index is 0.305. The summed E-state index contributed by atoms with van der Waals surface area (Å²) in [6.45, 7) is 6.28. The van der Waals surface area contributed by atoms with Gasteiger partial charge in [0.05, 0.1) is 12.2 Å². The van der Waals surface area contributed by atoms with Crippen LogP contribution in [0, 0.1) is 11.6 Å². The van der Waals surface area contributed by atoms with Crippen molar-refractivity contribution < 1.29 is 18.3 Å². The molecule has 0 N–H and O–H groups in total. The van der Waals surface area contributed by atoms with Crippen LogP contribution < -0.4 is 4.90 Å². The molecule has 0 aromatic heterocycles. The van der Waals surface area contributed by atoms with Crippen LogP contribution in [0.15, 0.2) is 66.7 Å². The van der Waals surface area contributed by atoms with Crippen LogP contribution in [-0.2, 0) is 11.3 Å². The maximum atomic E-state index is 14.4. The van der Waals surface area contributed by atoms with E-state index in [4.69, 9.17) is 4.74 Å². The van der Waals surface area contributed by atoms with E-state index >= 15 is 0 Å². The van der Waals surface area contributed by atoms with E-state index < -0.39 is 11.6 Å². The fraction of sp³-hybridized carbons (Fsp3) is 0.269. The van der Waals surface area contributed by atoms with Crippen LogP contribution in [0.3, 0.4) is 0 Å². The Balaban J connectivity index is 1.40. The lowest BCUT2D eigenvalue weighted by Gasteiger charge is -2.36. The minimum Gasteiger partial charge on any atom is -0.462 e. The molecule has 4 nitrogen and oxygen atoms in total. The van der Waals surface area contributed by atoms with Gasteiger partial charge in [-0.25, -0.2) is 13.6 Å². The number of carbonyl (C=O) groups excluding carboxylic acids is 1. The number of benzene rings is 3. The molecule has 0 radical (unpaired) electrons. The van der Waals surface area contributed by atoms with E-state index in [1.54, 1.807) is 19.1 Å². The Morgan fingerprint density at radius 2 is 1.62 bits per heavy atom. The summed E-state index contributed by atoms with van der Waals surface area (Å²) >= 11 is 0. The van der Waals surface area contributed by atoms with Crippen molar-refractivity contribution in [2.45, 2.75) is 13.5 Å². The molecule has 0 amide bonds. The largest absolute Gasteiger partial charge is 0.462 e. The third-order valence-electron chi connectivity index (χ3n) is 5.75. The van der Waals surface area contributed by atoms with Gasteiger partial charge < -0.3 is 9.64 Å². The number of nitrogens with zero attached hydrogens (tertiary/aromatic N) is 2. The summed E-state index contributed by atoms with van der Waals surface area (Å²) in [5, 5.41) is 0. The first-order valence-corrected chi connectivity index (χ1v) is 10.8. The Morgan fingerprint density at radius 3 is 2.31 bits per heavy atom. The zero-order chi connectivity index (χ0) is 22.5. The highest BCUT2D eigenvalue weighted by molar-refractivity contribution is 5.89. The Morgan fingerprint density at radius 1 is 0.906 bits per heavy atom. The fourth-order valence-corrected chi connectivity index (χ4v) is 4.06. The number of halogens is 2. The number of esters is 1. The number of ether oxygens (including phenoxy) is 1. The van der Waals surface area contributed by atoms with Gasteiger partial charge in [-0.1, -0.05) is 24.3 Å². The first-order valence-electron chi connectivity index (χ1n) is 10.8. The van der Waals surface area contributed by atoms with Crippen molar-refractivity contribution in [3.63, 3.8) is 0 Å². The zero-order valence-electron chi connectivity index (χ0n) is 18.1. The third kappa shape index (κ3) is 4.97. The topological polar surface area (TPSA) is 32.8 Å². The van der Waals surface area contributed by atoms with Crippen molar-refractivity contribution >= 4 is 11.7 Å². The number of hydrogen-bond acceptors (Lipinski definition) is 4. The molecule has 0 saturated carbocycles. The fourth-order valence-electron chi connectivity index (χ4n) is 4.06. The van der Waals surface area contributed by atoms with Gasteiger partial charge in [0.2, 0.25) is 0 Å². The van der Waals surface area contributed by atoms with Gasteiger partial charge in [-0.2, -0.15) is 0 Å². The molecule has 1 fully saturated rings. The molecule has 1 aliphatic heterocycles. The van der Waals surface area contributed by atoms with Crippen molar-refractivity contribution in [2.75, 3.05) is 37.7 Å². The van der Waals surface area contributed by atoms with E-state index in [1.165, 1.54) is 12.1 Å². The predicted octanol–water partition coefficient (Wildman–Crippen LogP) is 5.13. The molecule has 4 rings (SSSR count). The van der Waals surface area contributed by atoms with Crippen LogP contribution in [0.1, 0.15) is 22.8 Å². The first kappa shape index (κ1) is 22.0. The number of rotatable bonds is 6. The maximum Gasteiger partial charge on any atom is 0.338 e. The molecular weight excluding hydrogens is 410 g/mol. The van der Waals surface area contributed by atoms with Crippen molar-refractivity contribution in [2.24, 2.45) is 0 Å². The van der Waals surface area contributed by atoms with Crippen molar-refractivity contribution in [3.05, 3.63) is 89.5 Å². The molecule has 32 heavy (non-hydrogen) atoms. The second-order valence-corrected chi connectivity index (χ2v) is 7.81. The molecule has 166 valence electrons. The molecule has 0 bridgehead atoms. The SMILES string of the molecule is CCOC(=O)c1ccc(N2CCN(Cc3ccccc3-c3ccc(F)cc3F)CC2)cc1. The van der Waals surface area contributed by atoms with E-state index in [-0.39, 0.29) is 5.97 Å². The van der Waals surface area contributed by atoms with Crippen LogP contribution in [-0.4, -0.2) is 43.7 Å². The second kappa shape index (κ2) is 9.92. The van der Waals surface area contributed by atoms with Gasteiger partial charge in [0.1, 0.15) is 11.6 Å². The summed E-state index contributed by atoms with van der Waals surface area (Å²) in [4.78, 5) is 16.5. The van der Waals surface area contributed by atoms with Crippen LogP contribution in [0.2, 0.25) is 0 Å². The van der Waals surface area contributed by atoms with Gasteiger partial charge in [-0.05, 0) is 54.4 Å². The lowest BCUT2D eigenvalue weighted by atomic mass is 9.98. The lowest BCUT2D eigenvalue weighted by Crippen LogP contribution is -2.46. The molecule has 1 saturated heterocycles.